The largest absolute Gasteiger partial charge is 0.472 e. The van der Waals surface area contributed by atoms with Gasteiger partial charge in [-0.25, -0.2) is 4.39 Å². The second kappa shape index (κ2) is 6.31. The van der Waals surface area contributed by atoms with Crippen LogP contribution in [0.5, 0.6) is 0 Å². The van der Waals surface area contributed by atoms with Crippen molar-refractivity contribution in [3.8, 4) is 0 Å². The molecule has 1 unspecified atom stereocenters. The van der Waals surface area contributed by atoms with Gasteiger partial charge in [0.15, 0.2) is 0 Å². The first-order valence-corrected chi connectivity index (χ1v) is 6.14. The Bertz CT molecular complexity index is 470. The van der Waals surface area contributed by atoms with E-state index in [9.17, 15) is 4.39 Å². The number of nitrogens with one attached hydrogen (secondary N) is 1. The highest BCUT2D eigenvalue weighted by atomic mass is 19.1. The number of hydrogen-bond donors (Lipinski definition) is 1. The summed E-state index contributed by atoms with van der Waals surface area (Å²) >= 11 is 0. The van der Waals surface area contributed by atoms with Gasteiger partial charge in [-0.1, -0.05) is 6.92 Å². The van der Waals surface area contributed by atoms with Gasteiger partial charge in [-0.15, -0.1) is 0 Å². The van der Waals surface area contributed by atoms with Gasteiger partial charge < -0.3 is 9.73 Å². The summed E-state index contributed by atoms with van der Waals surface area (Å²) in [6, 6.07) is 3.51. The van der Waals surface area contributed by atoms with E-state index in [0.29, 0.717) is 0 Å². The molecule has 0 spiro atoms. The number of aromatic nitrogens is 1. The van der Waals surface area contributed by atoms with E-state index in [-0.39, 0.29) is 11.9 Å². The summed E-state index contributed by atoms with van der Waals surface area (Å²) < 4.78 is 18.3. The van der Waals surface area contributed by atoms with Gasteiger partial charge in [0.2, 0.25) is 0 Å². The van der Waals surface area contributed by atoms with Crippen LogP contribution in [0, 0.1) is 5.82 Å². The summed E-state index contributed by atoms with van der Waals surface area (Å²) in [4.78, 5) is 3.90. The first-order chi connectivity index (χ1) is 8.79. The third-order valence-corrected chi connectivity index (χ3v) is 2.79. The van der Waals surface area contributed by atoms with E-state index in [1.54, 1.807) is 18.7 Å². The van der Waals surface area contributed by atoms with Crippen LogP contribution in [0.4, 0.5) is 4.39 Å². The van der Waals surface area contributed by atoms with Crippen molar-refractivity contribution in [3.05, 3.63) is 54.0 Å². The molecule has 2 heterocycles. The van der Waals surface area contributed by atoms with Crippen molar-refractivity contribution in [1.82, 2.24) is 10.3 Å². The smallest absolute Gasteiger partial charge is 0.141 e. The molecular weight excluding hydrogens is 231 g/mol. The topological polar surface area (TPSA) is 38.1 Å². The number of furan rings is 1. The van der Waals surface area contributed by atoms with Crippen LogP contribution >= 0.6 is 0 Å². The molecule has 0 aromatic carbocycles. The fourth-order valence-corrected chi connectivity index (χ4v) is 1.89. The molecule has 2 aromatic heterocycles. The Hall–Kier alpha value is -1.68. The van der Waals surface area contributed by atoms with Gasteiger partial charge in [0.25, 0.3) is 0 Å². The summed E-state index contributed by atoms with van der Waals surface area (Å²) in [6.45, 7) is 2.99. The molecule has 2 rings (SSSR count). The quantitative estimate of drug-likeness (QED) is 0.853. The lowest BCUT2D eigenvalue weighted by Crippen LogP contribution is -2.24. The molecule has 96 valence electrons. The van der Waals surface area contributed by atoms with E-state index < -0.39 is 0 Å². The Kier molecular flexibility index (Phi) is 4.47. The zero-order valence-corrected chi connectivity index (χ0v) is 10.4. The first-order valence-electron chi connectivity index (χ1n) is 6.14. The predicted molar refractivity (Wildman–Crippen MR) is 67.6 cm³/mol. The standard InChI is InChI=1S/C14H17FN2O/c1-2-4-17-14(6-11-3-5-18-10-11)12-7-13(15)9-16-8-12/h3,5,7-10,14,17H,2,4,6H2,1H3. The normalized spacial score (nSPS) is 12.6. The maximum absolute atomic E-state index is 13.2. The average Bonchev–Trinajstić information content (AvgIpc) is 2.87. The molecule has 3 nitrogen and oxygen atoms in total. The van der Waals surface area contributed by atoms with E-state index >= 15 is 0 Å². The number of rotatable bonds is 6. The number of hydrogen-bond acceptors (Lipinski definition) is 3. The second-order valence-electron chi connectivity index (χ2n) is 4.28. The van der Waals surface area contributed by atoms with Gasteiger partial charge in [-0.3, -0.25) is 4.98 Å². The molecule has 0 saturated carbocycles. The fraction of sp³-hybridized carbons (Fsp3) is 0.357. The Labute approximate surface area is 106 Å². The number of pyridine rings is 1. The van der Waals surface area contributed by atoms with Crippen LogP contribution < -0.4 is 5.32 Å². The van der Waals surface area contributed by atoms with Crippen molar-refractivity contribution in [2.45, 2.75) is 25.8 Å². The molecule has 0 radical (unpaired) electrons. The van der Waals surface area contributed by atoms with Crippen molar-refractivity contribution in [3.63, 3.8) is 0 Å². The van der Waals surface area contributed by atoms with Crippen molar-refractivity contribution < 1.29 is 8.81 Å². The molecular formula is C14H17FN2O. The Balaban J connectivity index is 2.13. The van der Waals surface area contributed by atoms with Crippen LogP contribution in [0.15, 0.2) is 41.5 Å². The maximum atomic E-state index is 13.2. The minimum Gasteiger partial charge on any atom is -0.472 e. The van der Waals surface area contributed by atoms with Crippen molar-refractivity contribution in [2.75, 3.05) is 6.54 Å². The number of halogens is 1. The van der Waals surface area contributed by atoms with Crippen LogP contribution in [0.3, 0.4) is 0 Å². The molecule has 0 amide bonds. The third kappa shape index (κ3) is 3.40. The minimum absolute atomic E-state index is 0.0609. The van der Waals surface area contributed by atoms with Gasteiger partial charge in [0, 0.05) is 12.2 Å². The summed E-state index contributed by atoms with van der Waals surface area (Å²) in [5.41, 5.74) is 1.96. The molecule has 0 saturated heterocycles. The van der Waals surface area contributed by atoms with Crippen LogP contribution in [0.1, 0.15) is 30.5 Å². The summed E-state index contributed by atoms with van der Waals surface area (Å²) in [7, 11) is 0. The fourth-order valence-electron chi connectivity index (χ4n) is 1.89. The van der Waals surface area contributed by atoms with Crippen molar-refractivity contribution in [2.24, 2.45) is 0 Å². The third-order valence-electron chi connectivity index (χ3n) is 2.79. The second-order valence-corrected chi connectivity index (χ2v) is 4.28. The van der Waals surface area contributed by atoms with E-state index in [1.807, 2.05) is 6.07 Å². The predicted octanol–water partition coefficient (Wildman–Crippen LogP) is 3.10. The Morgan fingerprint density at radius 2 is 2.33 bits per heavy atom. The highest BCUT2D eigenvalue weighted by Crippen LogP contribution is 2.18. The van der Waals surface area contributed by atoms with E-state index in [2.05, 4.69) is 17.2 Å². The van der Waals surface area contributed by atoms with E-state index in [1.165, 1.54) is 12.3 Å². The van der Waals surface area contributed by atoms with Gasteiger partial charge in [0.1, 0.15) is 5.82 Å². The molecule has 18 heavy (non-hydrogen) atoms. The van der Waals surface area contributed by atoms with Crippen LogP contribution in [-0.2, 0) is 6.42 Å². The molecule has 2 aromatic rings. The lowest BCUT2D eigenvalue weighted by atomic mass is 10.0. The van der Waals surface area contributed by atoms with Crippen LogP contribution in [-0.4, -0.2) is 11.5 Å². The molecule has 1 atom stereocenters. The SMILES string of the molecule is CCCNC(Cc1ccoc1)c1cncc(F)c1. The molecule has 1 N–H and O–H groups in total. The van der Waals surface area contributed by atoms with Gasteiger partial charge in [-0.2, -0.15) is 0 Å². The Morgan fingerprint density at radius 3 is 3.00 bits per heavy atom. The molecule has 4 heteroatoms. The van der Waals surface area contributed by atoms with Gasteiger partial charge >= 0.3 is 0 Å². The summed E-state index contributed by atoms with van der Waals surface area (Å²) in [5, 5.41) is 3.40. The Morgan fingerprint density at radius 1 is 1.44 bits per heavy atom. The van der Waals surface area contributed by atoms with E-state index in [4.69, 9.17) is 4.42 Å². The average molecular weight is 248 g/mol. The number of nitrogens with zero attached hydrogens (tertiary/aromatic N) is 1. The van der Waals surface area contributed by atoms with E-state index in [0.717, 1.165) is 30.5 Å². The highest BCUT2D eigenvalue weighted by Gasteiger charge is 2.13. The van der Waals surface area contributed by atoms with Crippen molar-refractivity contribution >= 4 is 0 Å². The highest BCUT2D eigenvalue weighted by molar-refractivity contribution is 5.19. The van der Waals surface area contributed by atoms with Crippen molar-refractivity contribution in [1.29, 1.82) is 0 Å². The maximum Gasteiger partial charge on any atom is 0.141 e. The molecule has 0 aliphatic rings. The monoisotopic (exact) mass is 248 g/mol. The summed E-state index contributed by atoms with van der Waals surface area (Å²) in [6.07, 6.45) is 8.09. The van der Waals surface area contributed by atoms with Gasteiger partial charge in [0.05, 0.1) is 18.7 Å². The minimum atomic E-state index is -0.303. The first kappa shape index (κ1) is 12.8. The molecule has 0 aliphatic carbocycles. The zero-order chi connectivity index (χ0) is 12.8. The molecule has 0 fully saturated rings. The summed E-state index contributed by atoms with van der Waals surface area (Å²) in [5.74, 6) is -0.303. The zero-order valence-electron chi connectivity index (χ0n) is 10.4. The van der Waals surface area contributed by atoms with Crippen LogP contribution in [0.2, 0.25) is 0 Å². The van der Waals surface area contributed by atoms with Crippen LogP contribution in [0.25, 0.3) is 0 Å². The molecule has 0 aliphatic heterocycles. The lowest BCUT2D eigenvalue weighted by molar-refractivity contribution is 0.514. The van der Waals surface area contributed by atoms with Gasteiger partial charge in [-0.05, 0) is 42.6 Å². The molecule has 0 bridgehead atoms. The lowest BCUT2D eigenvalue weighted by Gasteiger charge is -2.18.